The van der Waals surface area contributed by atoms with E-state index in [0.29, 0.717) is 17.7 Å². The SMILES string of the molecule is N=C(N)N=C(/C=C/c1ccccc1)CC1OC(=O)c2ccccc21. The van der Waals surface area contributed by atoms with Gasteiger partial charge in [0.25, 0.3) is 0 Å². The maximum atomic E-state index is 11.9. The molecule has 3 rings (SSSR count). The molecule has 1 heterocycles. The summed E-state index contributed by atoms with van der Waals surface area (Å²) in [5.41, 5.74) is 8.43. The summed E-state index contributed by atoms with van der Waals surface area (Å²) in [5.74, 6) is -0.606. The molecular formula is C19H17N3O2. The van der Waals surface area contributed by atoms with Gasteiger partial charge in [0, 0.05) is 17.7 Å². The number of rotatable bonds is 4. The first-order valence-corrected chi connectivity index (χ1v) is 7.58. The van der Waals surface area contributed by atoms with Gasteiger partial charge >= 0.3 is 5.97 Å². The third kappa shape index (κ3) is 3.57. The number of benzene rings is 2. The van der Waals surface area contributed by atoms with Crippen LogP contribution >= 0.6 is 0 Å². The number of hydrogen-bond acceptors (Lipinski definition) is 3. The zero-order chi connectivity index (χ0) is 16.9. The number of nitrogens with two attached hydrogens (primary N) is 1. The molecule has 24 heavy (non-hydrogen) atoms. The summed E-state index contributed by atoms with van der Waals surface area (Å²) >= 11 is 0. The highest BCUT2D eigenvalue weighted by atomic mass is 16.5. The molecular weight excluding hydrogens is 302 g/mol. The van der Waals surface area contributed by atoms with Crippen molar-refractivity contribution < 1.29 is 9.53 Å². The van der Waals surface area contributed by atoms with Crippen molar-refractivity contribution >= 4 is 23.7 Å². The number of nitrogens with one attached hydrogen (secondary N) is 1. The van der Waals surface area contributed by atoms with Gasteiger partial charge in [0.1, 0.15) is 6.10 Å². The smallest absolute Gasteiger partial charge is 0.339 e. The summed E-state index contributed by atoms with van der Waals surface area (Å²) in [6.07, 6.45) is 3.65. The molecule has 0 aliphatic carbocycles. The molecule has 0 saturated heterocycles. The topological polar surface area (TPSA) is 88.5 Å². The molecule has 0 amide bonds. The fraction of sp³-hybridized carbons (Fsp3) is 0.105. The molecule has 5 heteroatoms. The summed E-state index contributed by atoms with van der Waals surface area (Å²) in [4.78, 5) is 16.0. The first-order valence-electron chi connectivity index (χ1n) is 7.58. The molecule has 0 radical (unpaired) electrons. The summed E-state index contributed by atoms with van der Waals surface area (Å²) in [5, 5.41) is 7.42. The minimum atomic E-state index is -0.410. The highest BCUT2D eigenvalue weighted by Gasteiger charge is 2.31. The zero-order valence-corrected chi connectivity index (χ0v) is 13.0. The number of fused-ring (bicyclic) bond motifs is 1. The van der Waals surface area contributed by atoms with Crippen LogP contribution in [0.2, 0.25) is 0 Å². The van der Waals surface area contributed by atoms with Gasteiger partial charge in [-0.3, -0.25) is 5.41 Å². The third-order valence-electron chi connectivity index (χ3n) is 3.70. The van der Waals surface area contributed by atoms with E-state index in [2.05, 4.69) is 4.99 Å². The first-order chi connectivity index (χ1) is 11.6. The van der Waals surface area contributed by atoms with E-state index in [9.17, 15) is 4.79 Å². The molecule has 2 aromatic carbocycles. The summed E-state index contributed by atoms with van der Waals surface area (Å²) in [6.45, 7) is 0. The summed E-state index contributed by atoms with van der Waals surface area (Å²) in [6, 6.07) is 17.1. The summed E-state index contributed by atoms with van der Waals surface area (Å²) in [7, 11) is 0. The van der Waals surface area contributed by atoms with Gasteiger partial charge in [-0.25, -0.2) is 9.79 Å². The minimum Gasteiger partial charge on any atom is -0.453 e. The van der Waals surface area contributed by atoms with Crippen LogP contribution in [-0.2, 0) is 4.74 Å². The summed E-state index contributed by atoms with van der Waals surface area (Å²) < 4.78 is 5.43. The van der Waals surface area contributed by atoms with Crippen LogP contribution in [0.1, 0.15) is 34.0 Å². The van der Waals surface area contributed by atoms with Gasteiger partial charge in [-0.2, -0.15) is 0 Å². The van der Waals surface area contributed by atoms with Crippen molar-refractivity contribution in [2.45, 2.75) is 12.5 Å². The Kier molecular flexibility index (Phi) is 4.52. The number of esters is 1. The van der Waals surface area contributed by atoms with Crippen LogP contribution in [0.3, 0.4) is 0 Å². The largest absolute Gasteiger partial charge is 0.453 e. The minimum absolute atomic E-state index is 0.277. The first kappa shape index (κ1) is 15.7. The molecule has 0 aromatic heterocycles. The molecule has 1 unspecified atom stereocenters. The van der Waals surface area contributed by atoms with E-state index in [0.717, 1.165) is 11.1 Å². The van der Waals surface area contributed by atoms with Gasteiger partial charge < -0.3 is 10.5 Å². The number of allylic oxidation sites excluding steroid dienone is 1. The number of guanidine groups is 1. The maximum Gasteiger partial charge on any atom is 0.339 e. The Balaban J connectivity index is 1.83. The maximum absolute atomic E-state index is 11.9. The molecule has 3 N–H and O–H groups in total. The van der Waals surface area contributed by atoms with Gasteiger partial charge in [0.15, 0.2) is 0 Å². The average molecular weight is 319 g/mol. The monoisotopic (exact) mass is 319 g/mol. The molecule has 1 aliphatic rings. The molecule has 0 saturated carbocycles. The Bertz CT molecular complexity index is 826. The second kappa shape index (κ2) is 6.91. The fourth-order valence-corrected chi connectivity index (χ4v) is 2.62. The number of aliphatic imine (C=N–C) groups is 1. The van der Waals surface area contributed by atoms with E-state index in [1.54, 1.807) is 12.1 Å². The van der Waals surface area contributed by atoms with Gasteiger partial charge in [0.2, 0.25) is 5.96 Å². The molecule has 0 fully saturated rings. The van der Waals surface area contributed by atoms with Crippen molar-refractivity contribution in [3.05, 3.63) is 77.4 Å². The second-order valence-corrected chi connectivity index (χ2v) is 5.42. The van der Waals surface area contributed by atoms with Gasteiger partial charge in [0.05, 0.1) is 5.56 Å². The van der Waals surface area contributed by atoms with Crippen molar-refractivity contribution in [1.29, 1.82) is 5.41 Å². The number of carbonyl (C=O) groups is 1. The lowest BCUT2D eigenvalue weighted by atomic mass is 10.0. The second-order valence-electron chi connectivity index (χ2n) is 5.42. The quantitative estimate of drug-likeness (QED) is 0.514. The molecule has 0 bridgehead atoms. The number of hydrogen-bond donors (Lipinski definition) is 2. The molecule has 120 valence electrons. The third-order valence-corrected chi connectivity index (χ3v) is 3.70. The van der Waals surface area contributed by atoms with Crippen LogP contribution in [0.5, 0.6) is 0 Å². The Hall–Kier alpha value is -3.21. The predicted molar refractivity (Wildman–Crippen MR) is 94.0 cm³/mol. The number of nitrogens with zero attached hydrogens (tertiary/aromatic N) is 1. The van der Waals surface area contributed by atoms with Crippen molar-refractivity contribution in [3.63, 3.8) is 0 Å². The van der Waals surface area contributed by atoms with Crippen LogP contribution in [-0.4, -0.2) is 17.6 Å². The molecule has 1 atom stereocenters. The van der Waals surface area contributed by atoms with Crippen LogP contribution in [0.25, 0.3) is 6.08 Å². The van der Waals surface area contributed by atoms with E-state index >= 15 is 0 Å². The predicted octanol–water partition coefficient (Wildman–Crippen LogP) is 3.34. The highest BCUT2D eigenvalue weighted by molar-refractivity contribution is 6.05. The van der Waals surface area contributed by atoms with Crippen LogP contribution in [0.4, 0.5) is 0 Å². The van der Waals surface area contributed by atoms with E-state index in [1.165, 1.54) is 0 Å². The van der Waals surface area contributed by atoms with E-state index in [1.807, 2.05) is 54.6 Å². The van der Waals surface area contributed by atoms with Crippen molar-refractivity contribution in [2.24, 2.45) is 10.7 Å². The molecule has 2 aromatic rings. The molecule has 1 aliphatic heterocycles. The number of ether oxygens (including phenoxy) is 1. The number of carbonyl (C=O) groups excluding carboxylic acids is 1. The average Bonchev–Trinajstić information content (AvgIpc) is 2.90. The lowest BCUT2D eigenvalue weighted by Crippen LogP contribution is -2.12. The van der Waals surface area contributed by atoms with Crippen molar-refractivity contribution in [2.75, 3.05) is 0 Å². The molecule has 0 spiro atoms. The van der Waals surface area contributed by atoms with Crippen LogP contribution in [0, 0.1) is 5.41 Å². The Morgan fingerprint density at radius 3 is 2.62 bits per heavy atom. The standard InChI is InChI=1S/C19H17N3O2/c20-19(21)22-14(11-10-13-6-2-1-3-7-13)12-17-15-8-4-5-9-16(15)18(23)24-17/h1-11,17H,12H2,(H3,20,21)/b11-10+,22-14?. The Morgan fingerprint density at radius 1 is 1.17 bits per heavy atom. The van der Waals surface area contributed by atoms with E-state index in [4.69, 9.17) is 15.9 Å². The van der Waals surface area contributed by atoms with Gasteiger partial charge in [-0.05, 0) is 17.7 Å². The highest BCUT2D eigenvalue weighted by Crippen LogP contribution is 2.33. The van der Waals surface area contributed by atoms with Crippen LogP contribution < -0.4 is 5.73 Å². The lowest BCUT2D eigenvalue weighted by molar-refractivity contribution is 0.0401. The normalized spacial score (nSPS) is 16.9. The van der Waals surface area contributed by atoms with Gasteiger partial charge in [-0.15, -0.1) is 0 Å². The number of cyclic esters (lactones) is 1. The van der Waals surface area contributed by atoms with Crippen molar-refractivity contribution in [1.82, 2.24) is 0 Å². The van der Waals surface area contributed by atoms with E-state index in [-0.39, 0.29) is 11.9 Å². The Morgan fingerprint density at radius 2 is 1.88 bits per heavy atom. The van der Waals surface area contributed by atoms with Gasteiger partial charge in [-0.1, -0.05) is 54.6 Å². The molecule has 5 nitrogen and oxygen atoms in total. The fourth-order valence-electron chi connectivity index (χ4n) is 2.62. The van der Waals surface area contributed by atoms with Crippen molar-refractivity contribution in [3.8, 4) is 0 Å². The van der Waals surface area contributed by atoms with E-state index < -0.39 is 6.10 Å². The zero-order valence-electron chi connectivity index (χ0n) is 13.0. The Labute approximate surface area is 140 Å². The van der Waals surface area contributed by atoms with Crippen LogP contribution in [0.15, 0.2) is 65.7 Å². The lowest BCUT2D eigenvalue weighted by Gasteiger charge is -2.10.